The molecule has 0 saturated carbocycles. The molecule has 0 spiro atoms. The van der Waals surface area contributed by atoms with E-state index in [0.29, 0.717) is 11.4 Å². The first-order chi connectivity index (χ1) is 8.22. The predicted molar refractivity (Wildman–Crippen MR) is 72.0 cm³/mol. The zero-order valence-electron chi connectivity index (χ0n) is 10.5. The summed E-state index contributed by atoms with van der Waals surface area (Å²) in [4.78, 5) is 0. The second-order valence-electron chi connectivity index (χ2n) is 4.25. The van der Waals surface area contributed by atoms with Crippen LogP contribution >= 0.6 is 11.8 Å². The van der Waals surface area contributed by atoms with Crippen molar-refractivity contribution in [3.63, 3.8) is 0 Å². The molecule has 1 aliphatic rings. The van der Waals surface area contributed by atoms with Crippen molar-refractivity contribution in [1.82, 2.24) is 5.32 Å². The lowest BCUT2D eigenvalue weighted by Crippen LogP contribution is -2.33. The molecule has 94 valence electrons. The highest BCUT2D eigenvalue weighted by molar-refractivity contribution is 7.99. The summed E-state index contributed by atoms with van der Waals surface area (Å²) in [6, 6.07) is 6.62. The third-order valence-corrected chi connectivity index (χ3v) is 4.16. The SMILES string of the molecule is COc1cc(OC)cc(C2NC(C)CCS2)c1. The molecule has 1 heterocycles. The highest BCUT2D eigenvalue weighted by Crippen LogP contribution is 2.35. The molecule has 17 heavy (non-hydrogen) atoms. The van der Waals surface area contributed by atoms with E-state index in [0.717, 1.165) is 11.5 Å². The lowest BCUT2D eigenvalue weighted by atomic mass is 10.1. The van der Waals surface area contributed by atoms with E-state index in [1.165, 1.54) is 17.7 Å². The molecule has 2 atom stereocenters. The molecule has 1 aliphatic heterocycles. The van der Waals surface area contributed by atoms with Gasteiger partial charge in [0.2, 0.25) is 0 Å². The molecule has 0 amide bonds. The van der Waals surface area contributed by atoms with Crippen LogP contribution in [-0.2, 0) is 0 Å². The van der Waals surface area contributed by atoms with Crippen molar-refractivity contribution >= 4 is 11.8 Å². The normalized spacial score (nSPS) is 24.4. The maximum atomic E-state index is 5.30. The summed E-state index contributed by atoms with van der Waals surface area (Å²) < 4.78 is 10.6. The molecular weight excluding hydrogens is 234 g/mol. The number of nitrogens with one attached hydrogen (secondary N) is 1. The molecular formula is C13H19NO2S. The van der Waals surface area contributed by atoms with Crippen molar-refractivity contribution < 1.29 is 9.47 Å². The third kappa shape index (κ3) is 3.07. The van der Waals surface area contributed by atoms with Crippen LogP contribution < -0.4 is 14.8 Å². The van der Waals surface area contributed by atoms with Gasteiger partial charge in [-0.15, -0.1) is 11.8 Å². The fourth-order valence-corrected chi connectivity index (χ4v) is 3.31. The molecule has 4 heteroatoms. The number of hydrogen-bond donors (Lipinski definition) is 1. The van der Waals surface area contributed by atoms with Crippen LogP contribution in [0, 0.1) is 0 Å². The van der Waals surface area contributed by atoms with E-state index in [-0.39, 0.29) is 0 Å². The van der Waals surface area contributed by atoms with Gasteiger partial charge in [-0.25, -0.2) is 0 Å². The summed E-state index contributed by atoms with van der Waals surface area (Å²) >= 11 is 1.94. The number of ether oxygens (including phenoxy) is 2. The van der Waals surface area contributed by atoms with Crippen LogP contribution in [0.1, 0.15) is 24.3 Å². The molecule has 0 radical (unpaired) electrons. The Morgan fingerprint density at radius 2 is 1.82 bits per heavy atom. The second kappa shape index (κ2) is 5.65. The maximum Gasteiger partial charge on any atom is 0.122 e. The lowest BCUT2D eigenvalue weighted by molar-refractivity contribution is 0.392. The summed E-state index contributed by atoms with van der Waals surface area (Å²) in [5.41, 5.74) is 1.22. The summed E-state index contributed by atoms with van der Waals surface area (Å²) in [5, 5.41) is 3.92. The number of benzene rings is 1. The van der Waals surface area contributed by atoms with Crippen molar-refractivity contribution in [2.75, 3.05) is 20.0 Å². The van der Waals surface area contributed by atoms with Crippen LogP contribution in [0.4, 0.5) is 0 Å². The highest BCUT2D eigenvalue weighted by Gasteiger charge is 2.20. The Bertz CT molecular complexity index is 361. The second-order valence-corrected chi connectivity index (χ2v) is 5.47. The van der Waals surface area contributed by atoms with Gasteiger partial charge < -0.3 is 9.47 Å². The molecule has 0 aliphatic carbocycles. The summed E-state index contributed by atoms with van der Waals surface area (Å²) in [7, 11) is 3.37. The molecule has 0 bridgehead atoms. The van der Waals surface area contributed by atoms with Crippen molar-refractivity contribution in [2.45, 2.75) is 24.8 Å². The number of hydrogen-bond acceptors (Lipinski definition) is 4. The Labute approximate surface area is 107 Å². The minimum atomic E-state index is 0.336. The molecule has 1 aromatic carbocycles. The van der Waals surface area contributed by atoms with Gasteiger partial charge >= 0.3 is 0 Å². The van der Waals surface area contributed by atoms with E-state index in [4.69, 9.17) is 9.47 Å². The maximum absolute atomic E-state index is 5.30. The van der Waals surface area contributed by atoms with E-state index in [1.54, 1.807) is 14.2 Å². The smallest absolute Gasteiger partial charge is 0.122 e. The molecule has 1 N–H and O–H groups in total. The van der Waals surface area contributed by atoms with Crippen LogP contribution in [0.2, 0.25) is 0 Å². The summed E-state index contributed by atoms with van der Waals surface area (Å²) in [5.74, 6) is 2.89. The van der Waals surface area contributed by atoms with E-state index in [1.807, 2.05) is 17.8 Å². The zero-order valence-corrected chi connectivity index (χ0v) is 11.3. The quantitative estimate of drug-likeness (QED) is 0.897. The van der Waals surface area contributed by atoms with E-state index < -0.39 is 0 Å². The molecule has 2 unspecified atom stereocenters. The van der Waals surface area contributed by atoms with Gasteiger partial charge in [-0.2, -0.15) is 0 Å². The topological polar surface area (TPSA) is 30.5 Å². The molecule has 0 aromatic heterocycles. The number of rotatable bonds is 3. The monoisotopic (exact) mass is 253 g/mol. The third-order valence-electron chi connectivity index (χ3n) is 2.95. The fraction of sp³-hybridized carbons (Fsp3) is 0.538. The molecule has 3 nitrogen and oxygen atoms in total. The van der Waals surface area contributed by atoms with Gasteiger partial charge in [0.15, 0.2) is 0 Å². The van der Waals surface area contributed by atoms with Crippen LogP contribution in [0.15, 0.2) is 18.2 Å². The molecule has 1 fully saturated rings. The van der Waals surface area contributed by atoms with Gasteiger partial charge in [0.1, 0.15) is 11.5 Å². The van der Waals surface area contributed by atoms with E-state index in [9.17, 15) is 0 Å². The summed E-state index contributed by atoms with van der Waals surface area (Å²) in [6.45, 7) is 2.23. The van der Waals surface area contributed by atoms with Gasteiger partial charge in [0.05, 0.1) is 19.6 Å². The van der Waals surface area contributed by atoms with Crippen molar-refractivity contribution in [2.24, 2.45) is 0 Å². The highest BCUT2D eigenvalue weighted by atomic mass is 32.2. The van der Waals surface area contributed by atoms with E-state index in [2.05, 4.69) is 24.4 Å². The molecule has 1 aromatic rings. The Hall–Kier alpha value is -0.870. The lowest BCUT2D eigenvalue weighted by Gasteiger charge is -2.29. The first-order valence-electron chi connectivity index (χ1n) is 5.83. The Kier molecular flexibility index (Phi) is 4.18. The first-order valence-corrected chi connectivity index (χ1v) is 6.88. The average Bonchev–Trinajstić information content (AvgIpc) is 2.38. The van der Waals surface area contributed by atoms with Gasteiger partial charge in [0.25, 0.3) is 0 Å². The van der Waals surface area contributed by atoms with Crippen LogP contribution in [0.5, 0.6) is 11.5 Å². The number of thioether (sulfide) groups is 1. The van der Waals surface area contributed by atoms with Crippen LogP contribution in [0.3, 0.4) is 0 Å². The Morgan fingerprint density at radius 3 is 2.35 bits per heavy atom. The zero-order chi connectivity index (χ0) is 12.3. The van der Waals surface area contributed by atoms with Crippen molar-refractivity contribution in [3.8, 4) is 11.5 Å². The Morgan fingerprint density at radius 1 is 1.18 bits per heavy atom. The molecule has 1 saturated heterocycles. The summed E-state index contributed by atoms with van der Waals surface area (Å²) in [6.07, 6.45) is 1.22. The van der Waals surface area contributed by atoms with Gasteiger partial charge in [-0.3, -0.25) is 5.32 Å². The van der Waals surface area contributed by atoms with Crippen LogP contribution in [-0.4, -0.2) is 26.0 Å². The van der Waals surface area contributed by atoms with Crippen molar-refractivity contribution in [3.05, 3.63) is 23.8 Å². The first kappa shape index (κ1) is 12.6. The molecule has 2 rings (SSSR count). The standard InChI is InChI=1S/C13H19NO2S/c1-9-4-5-17-13(14-9)10-6-11(15-2)8-12(7-10)16-3/h6-9,13-14H,4-5H2,1-3H3. The van der Waals surface area contributed by atoms with Crippen molar-refractivity contribution in [1.29, 1.82) is 0 Å². The fourth-order valence-electron chi connectivity index (χ4n) is 1.93. The Balaban J connectivity index is 2.23. The minimum Gasteiger partial charge on any atom is -0.497 e. The van der Waals surface area contributed by atoms with Gasteiger partial charge in [-0.1, -0.05) is 0 Å². The van der Waals surface area contributed by atoms with Crippen LogP contribution in [0.25, 0.3) is 0 Å². The average molecular weight is 253 g/mol. The van der Waals surface area contributed by atoms with Gasteiger partial charge in [0, 0.05) is 12.1 Å². The predicted octanol–water partition coefficient (Wildman–Crippen LogP) is 2.82. The minimum absolute atomic E-state index is 0.336. The van der Waals surface area contributed by atoms with E-state index >= 15 is 0 Å². The largest absolute Gasteiger partial charge is 0.497 e. The van der Waals surface area contributed by atoms with Gasteiger partial charge in [-0.05, 0) is 36.8 Å². The number of methoxy groups -OCH3 is 2.